The lowest BCUT2D eigenvalue weighted by Gasteiger charge is -2.11. The van der Waals surface area contributed by atoms with Crippen molar-refractivity contribution in [2.75, 3.05) is 11.1 Å². The number of amides is 2. The first kappa shape index (κ1) is 19.8. The first-order chi connectivity index (χ1) is 13.4. The molecule has 0 aliphatic heterocycles. The number of hydrogen-bond acceptors (Lipinski definition) is 6. The lowest BCUT2D eigenvalue weighted by Crippen LogP contribution is -2.29. The van der Waals surface area contributed by atoms with Gasteiger partial charge in [0.2, 0.25) is 11.8 Å². The van der Waals surface area contributed by atoms with Gasteiger partial charge in [-0.15, -0.1) is 23.1 Å². The molecule has 0 unspecified atom stereocenters. The third-order valence-electron chi connectivity index (χ3n) is 3.68. The summed E-state index contributed by atoms with van der Waals surface area (Å²) in [5, 5.41) is 7.07. The van der Waals surface area contributed by atoms with Gasteiger partial charge in [-0.1, -0.05) is 12.1 Å². The van der Waals surface area contributed by atoms with Crippen LogP contribution in [0, 0.1) is 6.92 Å². The van der Waals surface area contributed by atoms with E-state index in [4.69, 9.17) is 5.73 Å². The topological polar surface area (TPSA) is 107 Å². The normalized spacial score (nSPS) is 10.6. The fourth-order valence-corrected chi connectivity index (χ4v) is 4.02. The van der Waals surface area contributed by atoms with Crippen LogP contribution in [0.25, 0.3) is 10.6 Å². The largest absolute Gasteiger partial charge is 0.369 e. The maximum absolute atomic E-state index is 12.5. The molecule has 3 N–H and O–H groups in total. The van der Waals surface area contributed by atoms with E-state index in [1.165, 1.54) is 17.8 Å². The van der Waals surface area contributed by atoms with Gasteiger partial charge in [-0.05, 0) is 37.3 Å². The molecular formula is C19H18N4O3S2. The van der Waals surface area contributed by atoms with Gasteiger partial charge in [0.15, 0.2) is 0 Å². The predicted octanol–water partition coefficient (Wildman–Crippen LogP) is 2.50. The second kappa shape index (κ2) is 8.85. The monoisotopic (exact) mass is 414 g/mol. The number of carbonyl (C=O) groups excluding carboxylic acids is 2. The summed E-state index contributed by atoms with van der Waals surface area (Å²) in [7, 11) is 0. The molecule has 144 valence electrons. The van der Waals surface area contributed by atoms with Gasteiger partial charge in [0.05, 0.1) is 16.3 Å². The van der Waals surface area contributed by atoms with E-state index in [9.17, 15) is 14.4 Å². The molecular weight excluding hydrogens is 396 g/mol. The molecule has 3 aromatic rings. The molecule has 7 nitrogen and oxygen atoms in total. The van der Waals surface area contributed by atoms with E-state index in [0.717, 1.165) is 19.3 Å². The Kier molecular flexibility index (Phi) is 6.27. The Morgan fingerprint density at radius 2 is 1.96 bits per heavy atom. The number of thiophene rings is 1. The van der Waals surface area contributed by atoms with E-state index < -0.39 is 5.91 Å². The minimum atomic E-state index is -0.442. The average Bonchev–Trinajstić information content (AvgIpc) is 3.09. The number of aryl methyl sites for hydroxylation is 1. The van der Waals surface area contributed by atoms with Crippen LogP contribution < -0.4 is 16.6 Å². The van der Waals surface area contributed by atoms with E-state index in [0.29, 0.717) is 11.4 Å². The van der Waals surface area contributed by atoms with Crippen LogP contribution in [-0.2, 0) is 16.1 Å². The van der Waals surface area contributed by atoms with E-state index in [1.807, 2.05) is 19.1 Å². The Bertz CT molecular complexity index is 1070. The Morgan fingerprint density at radius 3 is 2.68 bits per heavy atom. The van der Waals surface area contributed by atoms with Crippen LogP contribution in [0.3, 0.4) is 0 Å². The van der Waals surface area contributed by atoms with Crippen LogP contribution in [-0.4, -0.2) is 27.3 Å². The molecule has 0 aliphatic rings. The van der Waals surface area contributed by atoms with Crippen LogP contribution in [0.4, 0.5) is 5.69 Å². The lowest BCUT2D eigenvalue weighted by atomic mass is 10.3. The molecule has 2 aromatic heterocycles. The third kappa shape index (κ3) is 5.08. The highest BCUT2D eigenvalue weighted by molar-refractivity contribution is 8.00. The first-order valence-electron chi connectivity index (χ1n) is 8.37. The average molecular weight is 415 g/mol. The smallest absolute Gasteiger partial charge is 0.267 e. The summed E-state index contributed by atoms with van der Waals surface area (Å²) < 4.78 is 1.14. The number of anilines is 1. The SMILES string of the molecule is Cc1ccc(-c2ccc(=O)n(CC(=O)Nc3ccccc3SCC(N)=O)n2)s1. The number of benzene rings is 1. The van der Waals surface area contributed by atoms with E-state index >= 15 is 0 Å². The zero-order chi connectivity index (χ0) is 20.1. The van der Waals surface area contributed by atoms with Crippen molar-refractivity contribution in [3.05, 3.63) is 63.8 Å². The molecule has 0 fully saturated rings. The van der Waals surface area contributed by atoms with Crippen molar-refractivity contribution in [1.29, 1.82) is 0 Å². The summed E-state index contributed by atoms with van der Waals surface area (Å²) in [6.45, 7) is 1.77. The molecule has 2 heterocycles. The summed E-state index contributed by atoms with van der Waals surface area (Å²) in [6.07, 6.45) is 0. The number of nitrogens with two attached hydrogens (primary N) is 1. The number of hydrogen-bond donors (Lipinski definition) is 2. The maximum atomic E-state index is 12.5. The van der Waals surface area contributed by atoms with Gasteiger partial charge in [0.25, 0.3) is 5.56 Å². The highest BCUT2D eigenvalue weighted by Gasteiger charge is 2.12. The van der Waals surface area contributed by atoms with Crippen LogP contribution in [0.15, 0.2) is 58.2 Å². The van der Waals surface area contributed by atoms with E-state index in [1.54, 1.807) is 41.7 Å². The number of carbonyl (C=O) groups is 2. The van der Waals surface area contributed by atoms with Gasteiger partial charge in [0, 0.05) is 15.8 Å². The van der Waals surface area contributed by atoms with Gasteiger partial charge in [-0.2, -0.15) is 5.10 Å². The Labute approximate surface area is 169 Å². The summed E-state index contributed by atoms with van der Waals surface area (Å²) in [6, 6.07) is 14.0. The Morgan fingerprint density at radius 1 is 1.18 bits per heavy atom. The molecule has 2 amide bonds. The quantitative estimate of drug-likeness (QED) is 0.578. The number of rotatable bonds is 7. The standard InChI is InChI=1S/C19H18N4O3S2/c1-12-6-8-16(28-12)14-7-9-19(26)23(22-14)10-18(25)21-13-4-2-3-5-15(13)27-11-17(20)24/h2-9H,10-11H2,1H3,(H2,20,24)(H,21,25). The van der Waals surface area contributed by atoms with Crippen molar-refractivity contribution in [3.8, 4) is 10.6 Å². The summed E-state index contributed by atoms with van der Waals surface area (Å²) in [5.41, 5.74) is 6.02. The van der Waals surface area contributed by atoms with Gasteiger partial charge in [-0.25, -0.2) is 4.68 Å². The minimum Gasteiger partial charge on any atom is -0.369 e. The first-order valence-corrected chi connectivity index (χ1v) is 10.2. The number of nitrogens with zero attached hydrogens (tertiary/aromatic N) is 2. The number of nitrogens with one attached hydrogen (secondary N) is 1. The molecule has 0 saturated heterocycles. The molecule has 1 aromatic carbocycles. The van der Waals surface area contributed by atoms with Crippen LogP contribution in [0.2, 0.25) is 0 Å². The number of aromatic nitrogens is 2. The fourth-order valence-electron chi connectivity index (χ4n) is 2.44. The van der Waals surface area contributed by atoms with Crippen molar-refractivity contribution in [2.45, 2.75) is 18.4 Å². The minimum absolute atomic E-state index is 0.107. The molecule has 28 heavy (non-hydrogen) atoms. The van der Waals surface area contributed by atoms with Gasteiger partial charge in [-0.3, -0.25) is 14.4 Å². The Hall–Kier alpha value is -2.91. The van der Waals surface area contributed by atoms with Gasteiger partial charge in [0.1, 0.15) is 12.2 Å². The summed E-state index contributed by atoms with van der Waals surface area (Å²) >= 11 is 2.80. The lowest BCUT2D eigenvalue weighted by molar-refractivity contribution is -0.117. The molecule has 0 atom stereocenters. The van der Waals surface area contributed by atoms with Gasteiger partial charge >= 0.3 is 0 Å². The van der Waals surface area contributed by atoms with Crippen LogP contribution >= 0.6 is 23.1 Å². The molecule has 9 heteroatoms. The van der Waals surface area contributed by atoms with Crippen molar-refractivity contribution < 1.29 is 9.59 Å². The van der Waals surface area contributed by atoms with Crippen LogP contribution in [0.1, 0.15) is 4.88 Å². The summed E-state index contributed by atoms with van der Waals surface area (Å²) in [5.74, 6) is -0.723. The van der Waals surface area contributed by atoms with E-state index in [-0.39, 0.29) is 23.8 Å². The zero-order valence-electron chi connectivity index (χ0n) is 15.0. The van der Waals surface area contributed by atoms with Gasteiger partial charge < -0.3 is 11.1 Å². The van der Waals surface area contributed by atoms with E-state index in [2.05, 4.69) is 10.4 Å². The highest BCUT2D eigenvalue weighted by atomic mass is 32.2. The maximum Gasteiger partial charge on any atom is 0.267 e. The molecule has 0 spiro atoms. The van der Waals surface area contributed by atoms with Crippen molar-refractivity contribution >= 4 is 40.6 Å². The number of thioether (sulfide) groups is 1. The molecule has 0 radical (unpaired) electrons. The zero-order valence-corrected chi connectivity index (χ0v) is 16.7. The molecule has 0 aliphatic carbocycles. The number of para-hydroxylation sites is 1. The molecule has 0 bridgehead atoms. The van der Waals surface area contributed by atoms with Crippen molar-refractivity contribution in [2.24, 2.45) is 5.73 Å². The predicted molar refractivity (Wildman–Crippen MR) is 112 cm³/mol. The molecule has 3 rings (SSSR count). The molecule has 0 saturated carbocycles. The fraction of sp³-hybridized carbons (Fsp3) is 0.158. The second-order valence-corrected chi connectivity index (χ2v) is 8.23. The van der Waals surface area contributed by atoms with Crippen LogP contribution in [0.5, 0.6) is 0 Å². The highest BCUT2D eigenvalue weighted by Crippen LogP contribution is 2.27. The third-order valence-corrected chi connectivity index (χ3v) is 5.80. The van der Waals surface area contributed by atoms with Crippen molar-refractivity contribution in [1.82, 2.24) is 9.78 Å². The summed E-state index contributed by atoms with van der Waals surface area (Å²) in [4.78, 5) is 38.4. The Balaban J connectivity index is 1.75. The van der Waals surface area contributed by atoms with Crippen molar-refractivity contribution in [3.63, 3.8) is 0 Å². The second-order valence-electron chi connectivity index (χ2n) is 5.92. The number of primary amides is 1.